The number of rotatable bonds is 4. The van der Waals surface area contributed by atoms with Gasteiger partial charge in [-0.2, -0.15) is 0 Å². The summed E-state index contributed by atoms with van der Waals surface area (Å²) in [6.07, 6.45) is 0.200. The Morgan fingerprint density at radius 3 is 2.47 bits per heavy atom. The van der Waals surface area contributed by atoms with Crippen molar-refractivity contribution in [3.8, 4) is 0 Å². The number of aliphatic carboxylic acids is 1. The average molecular weight is 279 g/mol. The Morgan fingerprint density at radius 1 is 1.37 bits per heavy atom. The van der Waals surface area contributed by atoms with Crippen molar-refractivity contribution >= 4 is 29.5 Å². The van der Waals surface area contributed by atoms with Gasteiger partial charge in [-0.15, -0.1) is 11.8 Å². The second-order valence-electron chi connectivity index (χ2n) is 4.32. The molecule has 1 atom stereocenters. The first kappa shape index (κ1) is 13.6. The minimum Gasteiger partial charge on any atom is -0.481 e. The molecule has 19 heavy (non-hydrogen) atoms. The molecule has 1 saturated heterocycles. The molecular weight excluding hydrogens is 266 g/mol. The fourth-order valence-corrected chi connectivity index (χ4v) is 2.95. The van der Waals surface area contributed by atoms with Gasteiger partial charge in [-0.1, -0.05) is 12.1 Å². The minimum absolute atomic E-state index is 0.0193. The Hall–Kier alpha value is -1.82. The predicted octanol–water partition coefficient (Wildman–Crippen LogP) is 1.16. The summed E-state index contributed by atoms with van der Waals surface area (Å²) in [5.41, 5.74) is 0.711. The normalized spacial score (nSPS) is 19.0. The van der Waals surface area contributed by atoms with Crippen molar-refractivity contribution in [1.29, 1.82) is 0 Å². The van der Waals surface area contributed by atoms with Crippen LogP contribution in [0, 0.1) is 0 Å². The molecule has 1 aromatic carbocycles. The van der Waals surface area contributed by atoms with E-state index in [9.17, 15) is 14.4 Å². The lowest BCUT2D eigenvalue weighted by molar-refractivity contribution is -0.137. The van der Waals surface area contributed by atoms with Crippen LogP contribution in [0.2, 0.25) is 0 Å². The van der Waals surface area contributed by atoms with Crippen LogP contribution in [0.3, 0.4) is 0 Å². The van der Waals surface area contributed by atoms with Gasteiger partial charge in [0.15, 0.2) is 0 Å². The lowest BCUT2D eigenvalue weighted by Gasteiger charge is -2.08. The number of carbonyl (C=O) groups excluding carboxylic acids is 2. The van der Waals surface area contributed by atoms with Crippen molar-refractivity contribution in [1.82, 2.24) is 4.90 Å². The summed E-state index contributed by atoms with van der Waals surface area (Å²) in [7, 11) is 1.49. The number of carboxylic acid groups (broad SMARTS) is 1. The summed E-state index contributed by atoms with van der Waals surface area (Å²) in [5.74, 6) is -1.21. The van der Waals surface area contributed by atoms with Gasteiger partial charge in [-0.3, -0.25) is 19.3 Å². The monoisotopic (exact) mass is 279 g/mol. The van der Waals surface area contributed by atoms with E-state index in [2.05, 4.69) is 0 Å². The molecule has 2 amide bonds. The molecule has 2 rings (SSSR count). The lowest BCUT2D eigenvalue weighted by atomic mass is 10.2. The predicted molar refractivity (Wildman–Crippen MR) is 69.8 cm³/mol. The van der Waals surface area contributed by atoms with E-state index in [1.165, 1.54) is 18.8 Å². The van der Waals surface area contributed by atoms with Crippen molar-refractivity contribution in [2.45, 2.75) is 23.0 Å². The van der Waals surface area contributed by atoms with Crippen LogP contribution in [0.4, 0.5) is 0 Å². The molecule has 6 heteroatoms. The summed E-state index contributed by atoms with van der Waals surface area (Å²) in [5, 5.41) is 8.29. The first-order chi connectivity index (χ1) is 8.97. The van der Waals surface area contributed by atoms with Gasteiger partial charge in [0, 0.05) is 18.4 Å². The van der Waals surface area contributed by atoms with Crippen LogP contribution >= 0.6 is 11.8 Å². The smallest absolute Gasteiger partial charge is 0.307 e. The van der Waals surface area contributed by atoms with Gasteiger partial charge in [-0.25, -0.2) is 0 Å². The van der Waals surface area contributed by atoms with E-state index in [1.807, 2.05) is 0 Å². The molecule has 0 spiro atoms. The highest BCUT2D eigenvalue weighted by molar-refractivity contribution is 8.00. The zero-order chi connectivity index (χ0) is 14.0. The Morgan fingerprint density at radius 2 is 2.00 bits per heavy atom. The Kier molecular flexibility index (Phi) is 3.90. The number of carboxylic acids is 1. The fourth-order valence-electron chi connectivity index (χ4n) is 1.84. The van der Waals surface area contributed by atoms with Gasteiger partial charge in [0.1, 0.15) is 0 Å². The molecule has 1 unspecified atom stereocenters. The summed E-state index contributed by atoms with van der Waals surface area (Å²) in [6, 6.07) is 7.00. The first-order valence-corrected chi connectivity index (χ1v) is 6.63. The van der Waals surface area contributed by atoms with Crippen molar-refractivity contribution in [3.05, 3.63) is 29.8 Å². The SMILES string of the molecule is CN1C(=O)CC(Sc2ccc(CC(=O)O)cc2)C1=O. The standard InChI is InChI=1S/C13H13NO4S/c1-14-11(15)7-10(13(14)18)19-9-4-2-8(3-5-9)6-12(16)17/h2-5,10H,6-7H2,1H3,(H,16,17). The molecule has 0 radical (unpaired) electrons. The van der Waals surface area contributed by atoms with Gasteiger partial charge in [0.25, 0.3) is 0 Å². The number of imide groups is 1. The van der Waals surface area contributed by atoms with E-state index >= 15 is 0 Å². The zero-order valence-corrected chi connectivity index (χ0v) is 11.1. The second kappa shape index (κ2) is 5.44. The largest absolute Gasteiger partial charge is 0.481 e. The number of thioether (sulfide) groups is 1. The maximum atomic E-state index is 11.7. The van der Waals surface area contributed by atoms with Crippen LogP contribution in [-0.2, 0) is 20.8 Å². The van der Waals surface area contributed by atoms with Crippen LogP contribution in [-0.4, -0.2) is 40.1 Å². The quantitative estimate of drug-likeness (QED) is 0.837. The molecule has 1 aromatic rings. The van der Waals surface area contributed by atoms with Crippen LogP contribution < -0.4 is 0 Å². The molecule has 0 bridgehead atoms. The molecule has 1 N–H and O–H groups in total. The molecule has 0 aliphatic carbocycles. The van der Waals surface area contributed by atoms with Crippen LogP contribution in [0.25, 0.3) is 0 Å². The zero-order valence-electron chi connectivity index (χ0n) is 10.3. The summed E-state index contributed by atoms with van der Waals surface area (Å²) >= 11 is 1.33. The average Bonchev–Trinajstić information content (AvgIpc) is 2.59. The van der Waals surface area contributed by atoms with E-state index in [1.54, 1.807) is 24.3 Å². The third kappa shape index (κ3) is 3.14. The van der Waals surface area contributed by atoms with Crippen LogP contribution in [0.5, 0.6) is 0 Å². The van der Waals surface area contributed by atoms with E-state index in [0.717, 1.165) is 9.80 Å². The van der Waals surface area contributed by atoms with Crippen LogP contribution in [0.1, 0.15) is 12.0 Å². The van der Waals surface area contributed by atoms with Gasteiger partial charge in [-0.05, 0) is 17.7 Å². The van der Waals surface area contributed by atoms with Crippen molar-refractivity contribution in [2.24, 2.45) is 0 Å². The Bertz CT molecular complexity index is 526. The van der Waals surface area contributed by atoms with Crippen molar-refractivity contribution < 1.29 is 19.5 Å². The number of benzene rings is 1. The molecule has 5 nitrogen and oxygen atoms in total. The highest BCUT2D eigenvalue weighted by atomic mass is 32.2. The maximum absolute atomic E-state index is 11.7. The summed E-state index contributed by atoms with van der Waals surface area (Å²) in [6.45, 7) is 0. The van der Waals surface area contributed by atoms with Crippen LogP contribution in [0.15, 0.2) is 29.2 Å². The molecule has 1 aliphatic rings. The first-order valence-electron chi connectivity index (χ1n) is 5.75. The highest BCUT2D eigenvalue weighted by Crippen LogP contribution is 2.30. The third-order valence-electron chi connectivity index (χ3n) is 2.90. The van der Waals surface area contributed by atoms with Gasteiger partial charge in [0.05, 0.1) is 11.7 Å². The molecule has 0 aromatic heterocycles. The lowest BCUT2D eigenvalue weighted by Crippen LogP contribution is -2.26. The maximum Gasteiger partial charge on any atom is 0.307 e. The minimum atomic E-state index is -0.876. The second-order valence-corrected chi connectivity index (χ2v) is 5.59. The number of amides is 2. The Labute approximate surface area is 114 Å². The topological polar surface area (TPSA) is 74.7 Å². The number of nitrogens with zero attached hydrogens (tertiary/aromatic N) is 1. The molecule has 1 aliphatic heterocycles. The van der Waals surface area contributed by atoms with Crippen molar-refractivity contribution in [2.75, 3.05) is 7.05 Å². The third-order valence-corrected chi connectivity index (χ3v) is 4.09. The van der Waals surface area contributed by atoms with Gasteiger partial charge >= 0.3 is 5.97 Å². The number of carbonyl (C=O) groups is 3. The number of hydrogen-bond acceptors (Lipinski definition) is 4. The molecular formula is C13H13NO4S. The highest BCUT2D eigenvalue weighted by Gasteiger charge is 2.36. The number of hydrogen-bond donors (Lipinski definition) is 1. The molecule has 100 valence electrons. The molecule has 1 fully saturated rings. The summed E-state index contributed by atoms with van der Waals surface area (Å²) < 4.78 is 0. The van der Waals surface area contributed by atoms with Gasteiger partial charge < -0.3 is 5.11 Å². The fraction of sp³-hybridized carbons (Fsp3) is 0.308. The van der Waals surface area contributed by atoms with E-state index in [0.29, 0.717) is 5.56 Å². The Balaban J connectivity index is 2.02. The van der Waals surface area contributed by atoms with Gasteiger partial charge in [0.2, 0.25) is 11.8 Å². The van der Waals surface area contributed by atoms with E-state index in [-0.39, 0.29) is 29.9 Å². The van der Waals surface area contributed by atoms with Crippen molar-refractivity contribution in [3.63, 3.8) is 0 Å². The molecule has 0 saturated carbocycles. The van der Waals surface area contributed by atoms with E-state index in [4.69, 9.17) is 5.11 Å². The summed E-state index contributed by atoms with van der Waals surface area (Å²) in [4.78, 5) is 35.7. The molecule has 1 heterocycles. The number of likely N-dealkylation sites (tertiary alicyclic amines) is 1. The van der Waals surface area contributed by atoms with E-state index < -0.39 is 5.97 Å².